The van der Waals surface area contributed by atoms with E-state index < -0.39 is 5.97 Å². The van der Waals surface area contributed by atoms with Gasteiger partial charge in [0.15, 0.2) is 0 Å². The van der Waals surface area contributed by atoms with Crippen LogP contribution in [0.1, 0.15) is 10.4 Å². The Hall–Kier alpha value is -1.000. The van der Waals surface area contributed by atoms with Crippen LogP contribution in [0.4, 0.5) is 0 Å². The van der Waals surface area contributed by atoms with Gasteiger partial charge in [-0.3, -0.25) is 0 Å². The third-order valence-electron chi connectivity index (χ3n) is 2.41. The van der Waals surface area contributed by atoms with Gasteiger partial charge in [0, 0.05) is 17.3 Å². The van der Waals surface area contributed by atoms with Crippen molar-refractivity contribution < 1.29 is 9.90 Å². The first kappa shape index (κ1) is 14.4. The predicted octanol–water partition coefficient (Wildman–Crippen LogP) is 5.06. The number of carbonyl (C=O) groups is 1. The minimum absolute atomic E-state index is 0.00143. The van der Waals surface area contributed by atoms with Gasteiger partial charge in [-0.05, 0) is 12.1 Å². The third kappa shape index (κ3) is 2.79. The summed E-state index contributed by atoms with van der Waals surface area (Å²) >= 11 is 23.8. The van der Waals surface area contributed by atoms with Crippen molar-refractivity contribution in [3.63, 3.8) is 0 Å². The van der Waals surface area contributed by atoms with E-state index in [1.165, 1.54) is 12.3 Å². The fraction of sp³-hybridized carbons (Fsp3) is 0. The first-order valence-corrected chi connectivity index (χ1v) is 6.45. The molecule has 2 aromatic rings. The summed E-state index contributed by atoms with van der Waals surface area (Å²) in [7, 11) is 0. The number of benzene rings is 1. The van der Waals surface area contributed by atoms with Gasteiger partial charge in [0.25, 0.3) is 0 Å². The van der Waals surface area contributed by atoms with Gasteiger partial charge in [0.2, 0.25) is 0 Å². The number of hydrogen-bond donors (Lipinski definition) is 1. The molecule has 0 atom stereocenters. The Morgan fingerprint density at radius 1 is 1.05 bits per heavy atom. The monoisotopic (exact) mass is 335 g/mol. The van der Waals surface area contributed by atoms with Gasteiger partial charge in [-0.1, -0.05) is 52.5 Å². The zero-order valence-corrected chi connectivity index (χ0v) is 12.1. The van der Waals surface area contributed by atoms with Gasteiger partial charge >= 0.3 is 5.97 Å². The second-order valence-electron chi connectivity index (χ2n) is 3.59. The average Bonchev–Trinajstić information content (AvgIpc) is 2.37. The first-order chi connectivity index (χ1) is 8.91. The maximum Gasteiger partial charge on any atom is 0.337 e. The molecule has 19 heavy (non-hydrogen) atoms. The molecule has 0 saturated carbocycles. The molecule has 0 aliphatic heterocycles. The second-order valence-corrected chi connectivity index (χ2v) is 5.11. The summed E-state index contributed by atoms with van der Waals surface area (Å²) in [6, 6.07) is 4.53. The van der Waals surface area contributed by atoms with Crippen molar-refractivity contribution in [2.75, 3.05) is 0 Å². The summed E-state index contributed by atoms with van der Waals surface area (Å²) in [6.07, 6.45) is 1.17. The average molecular weight is 337 g/mol. The second kappa shape index (κ2) is 5.55. The highest BCUT2D eigenvalue weighted by molar-refractivity contribution is 6.49. The maximum absolute atomic E-state index is 10.9. The highest BCUT2D eigenvalue weighted by Gasteiger charge is 2.15. The molecule has 0 amide bonds. The Labute approximate surface area is 128 Å². The number of aromatic carboxylic acids is 1. The lowest BCUT2D eigenvalue weighted by Crippen LogP contribution is -1.98. The summed E-state index contributed by atoms with van der Waals surface area (Å²) in [5.41, 5.74) is 0.850. The number of aromatic nitrogens is 1. The Morgan fingerprint density at radius 3 is 2.37 bits per heavy atom. The van der Waals surface area contributed by atoms with Gasteiger partial charge in [0.05, 0.1) is 20.6 Å². The van der Waals surface area contributed by atoms with E-state index in [1.54, 1.807) is 12.1 Å². The largest absolute Gasteiger partial charge is 0.478 e. The molecule has 7 heteroatoms. The smallest absolute Gasteiger partial charge is 0.337 e. The van der Waals surface area contributed by atoms with Crippen LogP contribution < -0.4 is 0 Å². The topological polar surface area (TPSA) is 50.2 Å². The third-order valence-corrected chi connectivity index (χ3v) is 4.01. The molecule has 98 valence electrons. The fourth-order valence-corrected chi connectivity index (χ4v) is 2.33. The van der Waals surface area contributed by atoms with Gasteiger partial charge in [0.1, 0.15) is 5.15 Å². The van der Waals surface area contributed by atoms with Crippen LogP contribution in [0.3, 0.4) is 0 Å². The molecule has 0 saturated heterocycles. The molecule has 0 radical (unpaired) electrons. The van der Waals surface area contributed by atoms with Gasteiger partial charge in [-0.2, -0.15) is 0 Å². The van der Waals surface area contributed by atoms with E-state index in [0.717, 1.165) is 0 Å². The number of halogens is 4. The molecule has 1 N–H and O–H groups in total. The van der Waals surface area contributed by atoms with E-state index >= 15 is 0 Å². The molecule has 0 fully saturated rings. The number of pyridine rings is 1. The van der Waals surface area contributed by atoms with Crippen molar-refractivity contribution in [3.05, 3.63) is 50.2 Å². The van der Waals surface area contributed by atoms with Crippen LogP contribution >= 0.6 is 46.4 Å². The summed E-state index contributed by atoms with van der Waals surface area (Å²) in [5, 5.41) is 9.75. The van der Waals surface area contributed by atoms with Crippen molar-refractivity contribution in [2.45, 2.75) is 0 Å². The molecule has 0 spiro atoms. The summed E-state index contributed by atoms with van der Waals surface area (Å²) in [6.45, 7) is 0. The van der Waals surface area contributed by atoms with Crippen LogP contribution in [0.25, 0.3) is 11.1 Å². The summed E-state index contributed by atoms with van der Waals surface area (Å²) < 4.78 is 0. The summed E-state index contributed by atoms with van der Waals surface area (Å²) in [5.74, 6) is -1.11. The molecule has 1 aromatic heterocycles. The van der Waals surface area contributed by atoms with Crippen LogP contribution in [-0.2, 0) is 0 Å². The standard InChI is InChI=1S/C12H5Cl4NO2/c13-8-2-1-6(9(14)10(8)15)7-3-5(12(18)19)4-17-11(7)16/h1-4H,(H,18,19). The molecule has 3 nitrogen and oxygen atoms in total. The lowest BCUT2D eigenvalue weighted by atomic mass is 10.1. The number of carboxylic acid groups (broad SMARTS) is 1. The number of rotatable bonds is 2. The zero-order chi connectivity index (χ0) is 14.2. The Kier molecular flexibility index (Phi) is 4.21. The number of carboxylic acids is 1. The molecular weight excluding hydrogens is 332 g/mol. The van der Waals surface area contributed by atoms with E-state index in [-0.39, 0.29) is 20.8 Å². The Balaban J connectivity index is 2.68. The van der Waals surface area contributed by atoms with Crippen molar-refractivity contribution in [1.29, 1.82) is 0 Å². The van der Waals surface area contributed by atoms with E-state index in [4.69, 9.17) is 51.5 Å². The Bertz CT molecular complexity index is 673. The van der Waals surface area contributed by atoms with E-state index in [2.05, 4.69) is 4.98 Å². The number of nitrogens with zero attached hydrogens (tertiary/aromatic N) is 1. The highest BCUT2D eigenvalue weighted by atomic mass is 35.5. The van der Waals surface area contributed by atoms with Crippen molar-refractivity contribution in [1.82, 2.24) is 4.98 Å². The minimum atomic E-state index is -1.11. The molecule has 1 aromatic carbocycles. The van der Waals surface area contributed by atoms with Crippen LogP contribution in [0, 0.1) is 0 Å². The molecular formula is C12H5Cl4NO2. The van der Waals surface area contributed by atoms with Crippen LogP contribution in [0.15, 0.2) is 24.4 Å². The predicted molar refractivity (Wildman–Crippen MR) is 76.7 cm³/mol. The Morgan fingerprint density at radius 2 is 1.74 bits per heavy atom. The summed E-state index contributed by atoms with van der Waals surface area (Å²) in [4.78, 5) is 14.8. The minimum Gasteiger partial charge on any atom is -0.478 e. The quantitative estimate of drug-likeness (QED) is 0.616. The van der Waals surface area contributed by atoms with Gasteiger partial charge < -0.3 is 5.11 Å². The van der Waals surface area contributed by atoms with E-state index in [1.807, 2.05) is 0 Å². The highest BCUT2D eigenvalue weighted by Crippen LogP contribution is 2.40. The lowest BCUT2D eigenvalue weighted by molar-refractivity contribution is 0.0696. The zero-order valence-electron chi connectivity index (χ0n) is 9.12. The maximum atomic E-state index is 10.9. The molecule has 2 rings (SSSR count). The van der Waals surface area contributed by atoms with Crippen molar-refractivity contribution >= 4 is 52.4 Å². The molecule has 0 unspecified atom stereocenters. The van der Waals surface area contributed by atoms with E-state index in [0.29, 0.717) is 16.1 Å². The van der Waals surface area contributed by atoms with Gasteiger partial charge in [-0.15, -0.1) is 0 Å². The molecule has 0 aliphatic rings. The van der Waals surface area contributed by atoms with Gasteiger partial charge in [-0.25, -0.2) is 9.78 Å². The lowest BCUT2D eigenvalue weighted by Gasteiger charge is -2.09. The molecule has 0 bridgehead atoms. The first-order valence-electron chi connectivity index (χ1n) is 4.94. The molecule has 0 aliphatic carbocycles. The molecule has 1 heterocycles. The number of hydrogen-bond acceptors (Lipinski definition) is 2. The fourth-order valence-electron chi connectivity index (χ4n) is 1.49. The van der Waals surface area contributed by atoms with Crippen LogP contribution in [-0.4, -0.2) is 16.1 Å². The van der Waals surface area contributed by atoms with Crippen molar-refractivity contribution in [2.24, 2.45) is 0 Å². The van der Waals surface area contributed by atoms with E-state index in [9.17, 15) is 4.79 Å². The SMILES string of the molecule is O=C(O)c1cnc(Cl)c(-c2ccc(Cl)c(Cl)c2Cl)c1. The normalized spacial score (nSPS) is 10.5. The van der Waals surface area contributed by atoms with Crippen LogP contribution in [0.5, 0.6) is 0 Å². The van der Waals surface area contributed by atoms with Crippen LogP contribution in [0.2, 0.25) is 20.2 Å². The van der Waals surface area contributed by atoms with Crippen molar-refractivity contribution in [3.8, 4) is 11.1 Å².